The number of nitrogens with zero attached hydrogens (tertiary/aromatic N) is 3. The van der Waals surface area contributed by atoms with E-state index in [0.717, 1.165) is 57.5 Å². The maximum absolute atomic E-state index is 5.51. The number of aryl methyl sites for hydroxylation is 2. The first-order chi connectivity index (χ1) is 27.1. The molecule has 0 aromatic heterocycles. The average Bonchev–Trinajstić information content (AvgIpc) is 3.68. The van der Waals surface area contributed by atoms with Crippen molar-refractivity contribution in [3.8, 4) is 0 Å². The maximum Gasteiger partial charge on any atom is 0.0560 e. The second-order valence-corrected chi connectivity index (χ2v) is 16.5. The first kappa shape index (κ1) is 40.9. The Morgan fingerprint density at radius 1 is 0.893 bits per heavy atom. The molecule has 56 heavy (non-hydrogen) atoms. The third-order valence-corrected chi connectivity index (χ3v) is 11.7. The number of rotatable bonds is 16. The minimum Gasteiger partial charge on any atom is -0.385 e. The van der Waals surface area contributed by atoms with Crippen LogP contribution in [0, 0.1) is 13.8 Å². The molecule has 2 aliphatic carbocycles. The summed E-state index contributed by atoms with van der Waals surface area (Å²) >= 11 is 0. The number of benzene rings is 3. The van der Waals surface area contributed by atoms with Gasteiger partial charge in [-0.2, -0.15) is 0 Å². The lowest BCUT2D eigenvalue weighted by atomic mass is 9.79. The van der Waals surface area contributed by atoms with E-state index in [9.17, 15) is 0 Å². The van der Waals surface area contributed by atoms with Crippen molar-refractivity contribution in [1.82, 2.24) is 0 Å². The van der Waals surface area contributed by atoms with Crippen molar-refractivity contribution in [2.45, 2.75) is 90.5 Å². The van der Waals surface area contributed by atoms with Gasteiger partial charge in [0.05, 0.1) is 6.04 Å². The third kappa shape index (κ3) is 9.12. The molecular formula is C51H63N3O2. The highest BCUT2D eigenvalue weighted by Crippen LogP contribution is 2.49. The molecule has 0 bridgehead atoms. The number of hydrogen-bond donors (Lipinski definition) is 0. The van der Waals surface area contributed by atoms with Gasteiger partial charge in [0.25, 0.3) is 0 Å². The highest BCUT2D eigenvalue weighted by Gasteiger charge is 2.40. The fourth-order valence-electron chi connectivity index (χ4n) is 8.49. The van der Waals surface area contributed by atoms with E-state index >= 15 is 0 Å². The van der Waals surface area contributed by atoms with E-state index in [1.54, 1.807) is 14.2 Å². The first-order valence-corrected chi connectivity index (χ1v) is 20.6. The molecule has 1 unspecified atom stereocenters. The Morgan fingerprint density at radius 2 is 1.66 bits per heavy atom. The van der Waals surface area contributed by atoms with Gasteiger partial charge in [-0.25, -0.2) is 0 Å². The van der Waals surface area contributed by atoms with E-state index in [4.69, 9.17) is 14.5 Å². The lowest BCUT2D eigenvalue weighted by Crippen LogP contribution is -2.34. The summed E-state index contributed by atoms with van der Waals surface area (Å²) in [5.74, 6) is 0. The van der Waals surface area contributed by atoms with Crippen LogP contribution in [0.5, 0.6) is 0 Å². The zero-order chi connectivity index (χ0) is 39.7. The van der Waals surface area contributed by atoms with Crippen LogP contribution in [0.25, 0.3) is 0 Å². The Kier molecular flexibility index (Phi) is 13.5. The summed E-state index contributed by atoms with van der Waals surface area (Å²) in [6, 6.07) is 27.0. The lowest BCUT2D eigenvalue weighted by Gasteiger charge is -2.35. The Hall–Kier alpha value is -4.71. The van der Waals surface area contributed by atoms with Gasteiger partial charge in [0.15, 0.2) is 0 Å². The fraction of sp³-hybridized carbons (Fsp3) is 0.392. The van der Waals surface area contributed by atoms with Crippen LogP contribution >= 0.6 is 0 Å². The molecule has 0 N–H and O–H groups in total. The predicted molar refractivity (Wildman–Crippen MR) is 238 cm³/mol. The molecule has 0 fully saturated rings. The zero-order valence-electron chi connectivity index (χ0n) is 35.1. The van der Waals surface area contributed by atoms with E-state index in [1.165, 1.54) is 56.2 Å². The second-order valence-electron chi connectivity index (χ2n) is 16.5. The Balaban J connectivity index is 1.49. The van der Waals surface area contributed by atoms with Crippen molar-refractivity contribution in [3.63, 3.8) is 0 Å². The van der Waals surface area contributed by atoms with Gasteiger partial charge >= 0.3 is 0 Å². The van der Waals surface area contributed by atoms with E-state index in [1.807, 2.05) is 0 Å². The number of methoxy groups -OCH3 is 2. The molecule has 294 valence electrons. The van der Waals surface area contributed by atoms with Crippen LogP contribution in [0.4, 0.5) is 11.4 Å². The van der Waals surface area contributed by atoms with E-state index in [2.05, 4.69) is 173 Å². The fourth-order valence-corrected chi connectivity index (χ4v) is 8.49. The number of anilines is 2. The van der Waals surface area contributed by atoms with E-state index in [0.29, 0.717) is 6.61 Å². The van der Waals surface area contributed by atoms with Crippen molar-refractivity contribution >= 4 is 17.1 Å². The topological polar surface area (TPSA) is 37.3 Å². The van der Waals surface area contributed by atoms with Gasteiger partial charge < -0.3 is 19.3 Å². The van der Waals surface area contributed by atoms with Gasteiger partial charge in [0.2, 0.25) is 0 Å². The normalized spacial score (nSPS) is 19.6. The van der Waals surface area contributed by atoms with Crippen LogP contribution in [-0.2, 0) is 20.3 Å². The monoisotopic (exact) mass is 749 g/mol. The Bertz CT molecular complexity index is 2040. The molecule has 0 amide bonds. The van der Waals surface area contributed by atoms with Gasteiger partial charge in [0.1, 0.15) is 0 Å². The van der Waals surface area contributed by atoms with Gasteiger partial charge in [-0.05, 0) is 98.6 Å². The minimum absolute atomic E-state index is 0.137. The van der Waals surface area contributed by atoms with Crippen molar-refractivity contribution < 1.29 is 9.47 Å². The molecule has 5 heteroatoms. The number of ether oxygens (including phenoxy) is 2. The van der Waals surface area contributed by atoms with Crippen molar-refractivity contribution in [3.05, 3.63) is 166 Å². The highest BCUT2D eigenvalue weighted by atomic mass is 16.5. The van der Waals surface area contributed by atoms with Crippen LogP contribution in [0.3, 0.4) is 0 Å². The summed E-state index contributed by atoms with van der Waals surface area (Å²) in [5.41, 5.74) is 13.8. The first-order valence-electron chi connectivity index (χ1n) is 20.6. The summed E-state index contributed by atoms with van der Waals surface area (Å²) in [5, 5.41) is 0. The summed E-state index contributed by atoms with van der Waals surface area (Å²) in [6.07, 6.45) is 23.3. The Morgan fingerprint density at radius 3 is 2.39 bits per heavy atom. The largest absolute Gasteiger partial charge is 0.385 e. The summed E-state index contributed by atoms with van der Waals surface area (Å²) < 4.78 is 10.9. The van der Waals surface area contributed by atoms with E-state index in [-0.39, 0.29) is 16.9 Å². The van der Waals surface area contributed by atoms with E-state index < -0.39 is 0 Å². The SMILES string of the molecule is COCCC/N=C(\C=C\C1=C(N(c2ccccc2)C2C=CC=CC2)C(=C/C=C2/N(CCCOC)c3ccc(C)cc3C2(C)C)/CC1)C(C)(C)c1cccc(C)c1. The molecule has 1 heterocycles. The maximum atomic E-state index is 5.51. The number of hydrogen-bond acceptors (Lipinski definition) is 5. The number of para-hydroxylation sites is 1. The minimum atomic E-state index is -0.276. The molecule has 0 saturated carbocycles. The molecule has 1 atom stereocenters. The van der Waals surface area contributed by atoms with Crippen LogP contribution in [-0.4, -0.2) is 52.3 Å². The highest BCUT2D eigenvalue weighted by molar-refractivity contribution is 6.03. The molecule has 5 nitrogen and oxygen atoms in total. The van der Waals surface area contributed by atoms with Gasteiger partial charge in [-0.1, -0.05) is 130 Å². The molecule has 0 radical (unpaired) electrons. The van der Waals surface area contributed by atoms with Gasteiger partial charge in [-0.3, -0.25) is 4.99 Å². The zero-order valence-corrected chi connectivity index (χ0v) is 35.1. The predicted octanol–water partition coefficient (Wildman–Crippen LogP) is 11.7. The molecule has 3 aliphatic rings. The van der Waals surface area contributed by atoms with Crippen LogP contribution in [0.1, 0.15) is 82.1 Å². The van der Waals surface area contributed by atoms with Crippen molar-refractivity contribution in [2.24, 2.45) is 4.99 Å². The summed E-state index contributed by atoms with van der Waals surface area (Å²) in [7, 11) is 3.56. The Labute approximate surface area is 337 Å². The van der Waals surface area contributed by atoms with Crippen LogP contribution < -0.4 is 9.80 Å². The quantitative estimate of drug-likeness (QED) is 0.108. The number of allylic oxidation sites excluding steroid dienone is 9. The third-order valence-electron chi connectivity index (χ3n) is 11.7. The average molecular weight is 750 g/mol. The summed E-state index contributed by atoms with van der Waals surface area (Å²) in [4.78, 5) is 10.4. The van der Waals surface area contributed by atoms with Gasteiger partial charge in [0, 0.05) is 79.8 Å². The second kappa shape index (κ2) is 18.5. The van der Waals surface area contributed by atoms with Crippen LogP contribution in [0.2, 0.25) is 0 Å². The van der Waals surface area contributed by atoms with Crippen molar-refractivity contribution in [2.75, 3.05) is 50.3 Å². The molecule has 3 aromatic carbocycles. The van der Waals surface area contributed by atoms with Crippen molar-refractivity contribution in [1.29, 1.82) is 0 Å². The number of fused-ring (bicyclic) bond motifs is 1. The molecule has 1 aliphatic heterocycles. The van der Waals surface area contributed by atoms with Gasteiger partial charge in [-0.15, -0.1) is 0 Å². The standard InChI is InChI=1S/C51H63N3O2/c1-38-18-15-19-42(36-38)50(3,4)47(52-32-16-34-55-7)30-27-40-25-26-41(49(40)54(43-20-11-9-12-21-43)44-22-13-10-14-23-44)28-31-48-51(5,6)45-37-39(2)24-29-46(45)53(48)33-17-35-56-8/h9-15,18-22,24,27-31,36-37,44H,16-17,23,25-26,32-35H2,1-8H3/b30-27+,41-28+,48-31+,52-47+. The lowest BCUT2D eigenvalue weighted by molar-refractivity contribution is 0.196. The summed E-state index contributed by atoms with van der Waals surface area (Å²) in [6.45, 7) is 16.8. The smallest absolute Gasteiger partial charge is 0.0560 e. The molecule has 0 saturated heterocycles. The molecule has 6 rings (SSSR count). The molecule has 0 spiro atoms. The molecular weight excluding hydrogens is 687 g/mol. The molecule has 3 aromatic rings. The van der Waals surface area contributed by atoms with Crippen LogP contribution in [0.15, 0.2) is 149 Å². The number of aliphatic imine (C=N–C) groups is 1.